The van der Waals surface area contributed by atoms with Crippen molar-refractivity contribution in [3.63, 3.8) is 0 Å². The lowest BCUT2D eigenvalue weighted by Gasteiger charge is -2.38. The van der Waals surface area contributed by atoms with E-state index in [9.17, 15) is 24.8 Å². The lowest BCUT2D eigenvalue weighted by molar-refractivity contribution is -0.384. The summed E-state index contributed by atoms with van der Waals surface area (Å²) in [6, 6.07) is 5.55. The average molecular weight is 568 g/mol. The van der Waals surface area contributed by atoms with Crippen LogP contribution >= 0.6 is 0 Å². The highest BCUT2D eigenvalue weighted by Crippen LogP contribution is 2.39. The van der Waals surface area contributed by atoms with Gasteiger partial charge in [0.25, 0.3) is 5.69 Å². The van der Waals surface area contributed by atoms with Gasteiger partial charge < -0.3 is 29.2 Å². The fourth-order valence-corrected chi connectivity index (χ4v) is 5.33. The number of hydrogen-bond donors (Lipinski definition) is 2. The number of alkyl carbamates (subject to hydrolysis) is 1. The zero-order valence-corrected chi connectivity index (χ0v) is 25.5. The third-order valence-corrected chi connectivity index (χ3v) is 11.6. The topological polar surface area (TPSA) is 140 Å². The smallest absolute Gasteiger partial charge is 0.410 e. The number of non-ortho nitro benzene ring substituents is 1. The number of nitro benzene ring substituents is 1. The summed E-state index contributed by atoms with van der Waals surface area (Å²) in [6.45, 7) is 16.8. The largest absolute Gasteiger partial charge is 0.445 e. The van der Waals surface area contributed by atoms with Gasteiger partial charge in [-0.3, -0.25) is 10.1 Å². The summed E-state index contributed by atoms with van der Waals surface area (Å²) in [5, 5.41) is 23.8. The van der Waals surface area contributed by atoms with Gasteiger partial charge >= 0.3 is 12.2 Å². The Morgan fingerprint density at radius 1 is 1.18 bits per heavy atom. The van der Waals surface area contributed by atoms with Gasteiger partial charge in [0, 0.05) is 31.3 Å². The van der Waals surface area contributed by atoms with E-state index in [1.165, 1.54) is 24.3 Å². The van der Waals surface area contributed by atoms with Gasteiger partial charge in [0.15, 0.2) is 8.32 Å². The minimum Gasteiger partial charge on any atom is -0.445 e. The minimum absolute atomic E-state index is 0.0118. The molecule has 0 bridgehead atoms. The third-order valence-electron chi connectivity index (χ3n) is 7.10. The molecular weight excluding hydrogens is 522 g/mol. The Hall–Kier alpha value is -2.70. The number of nitrogens with zero attached hydrogens (tertiary/aromatic N) is 2. The van der Waals surface area contributed by atoms with Crippen LogP contribution < -0.4 is 5.32 Å². The highest BCUT2D eigenvalue weighted by Gasteiger charge is 2.44. The van der Waals surface area contributed by atoms with Crippen LogP contribution in [0.5, 0.6) is 0 Å². The average Bonchev–Trinajstić information content (AvgIpc) is 3.20. The number of nitro groups is 1. The van der Waals surface area contributed by atoms with Crippen molar-refractivity contribution in [1.82, 2.24) is 10.2 Å². The quantitative estimate of drug-likeness (QED) is 0.219. The van der Waals surface area contributed by atoms with Gasteiger partial charge in [0.1, 0.15) is 12.2 Å². The number of rotatable bonds is 10. The van der Waals surface area contributed by atoms with Gasteiger partial charge in [-0.1, -0.05) is 20.8 Å². The van der Waals surface area contributed by atoms with Crippen molar-refractivity contribution in [2.45, 2.75) is 109 Å². The van der Waals surface area contributed by atoms with Crippen molar-refractivity contribution < 1.29 is 33.5 Å². The Kier molecular flexibility index (Phi) is 10.9. The predicted molar refractivity (Wildman–Crippen MR) is 150 cm³/mol. The van der Waals surface area contributed by atoms with E-state index in [0.717, 1.165) is 0 Å². The van der Waals surface area contributed by atoms with Crippen molar-refractivity contribution in [2.75, 3.05) is 13.1 Å². The van der Waals surface area contributed by atoms with E-state index in [1.54, 1.807) is 4.90 Å². The van der Waals surface area contributed by atoms with Crippen LogP contribution in [0.15, 0.2) is 24.3 Å². The van der Waals surface area contributed by atoms with Crippen LogP contribution in [-0.4, -0.2) is 72.4 Å². The van der Waals surface area contributed by atoms with Crippen LogP contribution in [0, 0.1) is 10.1 Å². The maximum absolute atomic E-state index is 13.0. The zero-order valence-electron chi connectivity index (χ0n) is 24.5. The minimum atomic E-state index is -2.04. The van der Waals surface area contributed by atoms with E-state index in [4.69, 9.17) is 13.9 Å². The van der Waals surface area contributed by atoms with Gasteiger partial charge in [-0.2, -0.15) is 0 Å². The maximum atomic E-state index is 13.0. The molecule has 1 unspecified atom stereocenters. The van der Waals surface area contributed by atoms with Crippen molar-refractivity contribution in [2.24, 2.45) is 0 Å². The van der Waals surface area contributed by atoms with Gasteiger partial charge in [-0.05, 0) is 75.9 Å². The van der Waals surface area contributed by atoms with Crippen molar-refractivity contribution in [3.8, 4) is 0 Å². The number of hydrogen-bond acceptors (Lipinski definition) is 8. The van der Waals surface area contributed by atoms with E-state index < -0.39 is 37.1 Å². The second-order valence-electron chi connectivity index (χ2n) is 12.6. The molecule has 3 atom stereocenters. The Morgan fingerprint density at radius 3 is 2.33 bits per heavy atom. The Balaban J connectivity index is 1.88. The molecule has 1 aliphatic heterocycles. The summed E-state index contributed by atoms with van der Waals surface area (Å²) in [4.78, 5) is 37.0. The Labute approximate surface area is 232 Å². The first kappa shape index (κ1) is 32.5. The normalized spacial score (nSPS) is 18.9. The number of carbonyl (C=O) groups excluding carboxylic acids is 2. The summed E-state index contributed by atoms with van der Waals surface area (Å²) >= 11 is 0. The van der Waals surface area contributed by atoms with E-state index in [1.807, 2.05) is 20.8 Å². The molecule has 1 aromatic rings. The molecule has 0 spiro atoms. The van der Waals surface area contributed by atoms with Crippen LogP contribution in [0.3, 0.4) is 0 Å². The molecule has 1 aromatic carbocycles. The van der Waals surface area contributed by atoms with Crippen LogP contribution in [0.4, 0.5) is 15.3 Å². The van der Waals surface area contributed by atoms with E-state index in [-0.39, 0.29) is 36.0 Å². The first-order valence-electron chi connectivity index (χ1n) is 13.4. The van der Waals surface area contributed by atoms with Gasteiger partial charge in [0.05, 0.1) is 17.1 Å². The fourth-order valence-electron chi connectivity index (χ4n) is 3.97. The molecule has 220 valence electrons. The summed E-state index contributed by atoms with van der Waals surface area (Å²) < 4.78 is 17.4. The molecule has 1 heterocycles. The highest BCUT2D eigenvalue weighted by molar-refractivity contribution is 6.74. The molecule has 0 aliphatic carbocycles. The number of carbonyl (C=O) groups is 2. The zero-order chi connectivity index (χ0) is 29.6. The van der Waals surface area contributed by atoms with Crippen LogP contribution in [-0.2, 0) is 20.5 Å². The lowest BCUT2D eigenvalue weighted by atomic mass is 10.1. The molecule has 1 aliphatic rings. The Morgan fingerprint density at radius 2 is 1.79 bits per heavy atom. The molecule has 0 saturated carbocycles. The first-order chi connectivity index (χ1) is 17.9. The van der Waals surface area contributed by atoms with E-state index in [2.05, 4.69) is 39.2 Å². The summed E-state index contributed by atoms with van der Waals surface area (Å²) in [5.41, 5.74) is -0.0657. The van der Waals surface area contributed by atoms with Crippen LogP contribution in [0.25, 0.3) is 0 Å². The fraction of sp³-hybridized carbons (Fsp3) is 0.704. The third kappa shape index (κ3) is 10.4. The number of aliphatic hydroxyl groups is 1. The maximum Gasteiger partial charge on any atom is 0.410 e. The number of ether oxygens (including phenoxy) is 2. The Bertz CT molecular complexity index is 988. The molecule has 2 amide bonds. The monoisotopic (exact) mass is 567 g/mol. The molecule has 11 nitrogen and oxygen atoms in total. The predicted octanol–water partition coefficient (Wildman–Crippen LogP) is 5.36. The van der Waals surface area contributed by atoms with Gasteiger partial charge in [0.2, 0.25) is 0 Å². The SMILES string of the molecule is CC(C)(C)OC(=O)N1C[C@H](O[Si](C)(C)C(C)(C)C)C[C@H]1CCC(O)CNC(=O)OCc1ccc([N+](=O)[O-])cc1. The standard InChI is InChI=1S/C27H45N3O8Si/c1-26(2,3)37-25(33)29-17-23(38-39(7,8)27(4,5)6)15-21(29)13-14-22(31)16-28-24(32)36-18-19-9-11-20(12-10-19)30(34)35/h9-12,21-23,31H,13-18H2,1-8H3,(H,28,32)/t21-,22?,23-/m1/s1. The lowest BCUT2D eigenvalue weighted by Crippen LogP contribution is -2.45. The van der Waals surface area contributed by atoms with Crippen LogP contribution in [0.1, 0.15) is 66.4 Å². The molecule has 0 aromatic heterocycles. The molecule has 1 saturated heterocycles. The van der Waals surface area contributed by atoms with Crippen LogP contribution in [0.2, 0.25) is 18.1 Å². The number of aliphatic hydroxyl groups excluding tert-OH is 1. The molecule has 0 radical (unpaired) electrons. The molecular formula is C27H45N3O8Si. The molecule has 12 heteroatoms. The number of amides is 2. The second-order valence-corrected chi connectivity index (χ2v) is 17.4. The van der Waals surface area contributed by atoms with E-state index in [0.29, 0.717) is 31.4 Å². The summed E-state index contributed by atoms with van der Waals surface area (Å²) in [7, 11) is -2.04. The number of likely N-dealkylation sites (tertiary alicyclic amines) is 1. The molecule has 2 N–H and O–H groups in total. The molecule has 2 rings (SSSR count). The summed E-state index contributed by atoms with van der Waals surface area (Å²) in [6.07, 6.45) is -0.492. The number of benzene rings is 1. The first-order valence-corrected chi connectivity index (χ1v) is 16.3. The van der Waals surface area contributed by atoms with Gasteiger partial charge in [-0.25, -0.2) is 9.59 Å². The second kappa shape index (κ2) is 13.1. The van der Waals surface area contributed by atoms with Gasteiger partial charge in [-0.15, -0.1) is 0 Å². The number of nitrogens with one attached hydrogen (secondary N) is 1. The van der Waals surface area contributed by atoms with Crippen molar-refractivity contribution in [1.29, 1.82) is 0 Å². The molecule has 39 heavy (non-hydrogen) atoms. The van der Waals surface area contributed by atoms with E-state index >= 15 is 0 Å². The highest BCUT2D eigenvalue weighted by atomic mass is 28.4. The van der Waals surface area contributed by atoms with Crippen molar-refractivity contribution >= 4 is 26.2 Å². The molecule has 1 fully saturated rings. The van der Waals surface area contributed by atoms with Crippen molar-refractivity contribution in [3.05, 3.63) is 39.9 Å². The summed E-state index contributed by atoms with van der Waals surface area (Å²) in [5.74, 6) is 0.